The monoisotopic (exact) mass is 345 g/mol. The molecule has 1 aromatic carbocycles. The van der Waals surface area contributed by atoms with Crippen LogP contribution in [0.5, 0.6) is 0 Å². The van der Waals surface area contributed by atoms with E-state index in [1.165, 1.54) is 34.9 Å². The summed E-state index contributed by atoms with van der Waals surface area (Å²) in [4.78, 5) is 13.1. The highest BCUT2D eigenvalue weighted by Crippen LogP contribution is 2.27. The summed E-state index contributed by atoms with van der Waals surface area (Å²) in [7, 11) is 0. The molecule has 0 aliphatic rings. The van der Waals surface area contributed by atoms with Gasteiger partial charge in [0.05, 0.1) is 5.25 Å². The fourth-order valence-electron chi connectivity index (χ4n) is 1.32. The summed E-state index contributed by atoms with van der Waals surface area (Å²) in [5.41, 5.74) is 0. The van der Waals surface area contributed by atoms with Gasteiger partial charge in [-0.15, -0.1) is 22.0 Å². The number of nitrogens with one attached hydrogen (secondary N) is 1. The molecule has 0 fully saturated rings. The van der Waals surface area contributed by atoms with Crippen molar-refractivity contribution in [3.8, 4) is 0 Å². The SMILES string of the molecule is CSc1nnc(NC(=O)[C@H](C)Sc2ccc(Cl)cc2)s1. The van der Waals surface area contributed by atoms with Crippen molar-refractivity contribution in [1.82, 2.24) is 10.2 Å². The number of aromatic nitrogens is 2. The minimum atomic E-state index is -0.224. The quantitative estimate of drug-likeness (QED) is 0.655. The third kappa shape index (κ3) is 4.37. The number of carbonyl (C=O) groups excluding carboxylic acids is 1. The zero-order valence-electron chi connectivity index (χ0n) is 10.8. The van der Waals surface area contributed by atoms with Crippen LogP contribution in [0.2, 0.25) is 5.02 Å². The van der Waals surface area contributed by atoms with E-state index >= 15 is 0 Å². The van der Waals surface area contributed by atoms with Crippen molar-refractivity contribution in [2.24, 2.45) is 0 Å². The maximum atomic E-state index is 12.1. The molecular weight excluding hydrogens is 334 g/mol. The number of hydrogen-bond donors (Lipinski definition) is 1. The topological polar surface area (TPSA) is 54.9 Å². The summed E-state index contributed by atoms with van der Waals surface area (Å²) in [6.45, 7) is 1.85. The molecule has 0 aliphatic heterocycles. The first-order valence-corrected chi connectivity index (χ1v) is 8.99. The molecule has 1 atom stereocenters. The second kappa shape index (κ2) is 7.31. The Morgan fingerprint density at radius 1 is 1.35 bits per heavy atom. The molecule has 2 aromatic rings. The van der Waals surface area contributed by atoms with Gasteiger partial charge in [0.1, 0.15) is 0 Å². The number of carbonyl (C=O) groups is 1. The highest BCUT2D eigenvalue weighted by Gasteiger charge is 2.16. The van der Waals surface area contributed by atoms with E-state index < -0.39 is 0 Å². The van der Waals surface area contributed by atoms with Gasteiger partial charge < -0.3 is 0 Å². The molecule has 106 valence electrons. The summed E-state index contributed by atoms with van der Waals surface area (Å²) < 4.78 is 0.832. The van der Waals surface area contributed by atoms with Crippen LogP contribution < -0.4 is 5.32 Å². The summed E-state index contributed by atoms with van der Waals surface area (Å²) in [6, 6.07) is 7.41. The molecule has 0 saturated carbocycles. The predicted octanol–water partition coefficient (Wildman–Crippen LogP) is 4.03. The van der Waals surface area contributed by atoms with Crippen molar-refractivity contribution in [2.75, 3.05) is 11.6 Å². The van der Waals surface area contributed by atoms with Gasteiger partial charge in [-0.25, -0.2) is 0 Å². The molecule has 0 unspecified atom stereocenters. The average Bonchev–Trinajstić information content (AvgIpc) is 2.89. The Kier molecular flexibility index (Phi) is 5.71. The number of anilines is 1. The number of rotatable bonds is 5. The van der Waals surface area contributed by atoms with E-state index in [-0.39, 0.29) is 11.2 Å². The number of thioether (sulfide) groups is 2. The lowest BCUT2D eigenvalue weighted by molar-refractivity contribution is -0.115. The fraction of sp³-hybridized carbons (Fsp3) is 0.250. The van der Waals surface area contributed by atoms with E-state index in [0.717, 1.165) is 9.24 Å². The Hall–Kier alpha value is -0.760. The Morgan fingerprint density at radius 3 is 2.65 bits per heavy atom. The normalized spacial score (nSPS) is 12.2. The number of hydrogen-bond acceptors (Lipinski definition) is 6. The lowest BCUT2D eigenvalue weighted by atomic mass is 10.4. The Labute approximate surface area is 134 Å². The number of halogens is 1. The molecule has 0 aliphatic carbocycles. The summed E-state index contributed by atoms with van der Waals surface area (Å²) in [5.74, 6) is -0.0891. The standard InChI is InChI=1S/C12H12ClN3OS3/c1-7(19-9-5-3-8(13)4-6-9)10(17)14-11-15-16-12(18-2)20-11/h3-7H,1-2H3,(H,14,15,17)/t7-/m0/s1. The van der Waals surface area contributed by atoms with Crippen molar-refractivity contribution in [3.63, 3.8) is 0 Å². The molecule has 1 aromatic heterocycles. The largest absolute Gasteiger partial charge is 0.300 e. The molecule has 8 heteroatoms. The number of amides is 1. The third-order valence-corrected chi connectivity index (χ3v) is 5.49. The molecule has 1 amide bonds. The zero-order valence-corrected chi connectivity index (χ0v) is 14.0. The number of benzene rings is 1. The first-order valence-electron chi connectivity index (χ1n) is 5.69. The third-order valence-electron chi connectivity index (χ3n) is 2.31. The summed E-state index contributed by atoms with van der Waals surface area (Å²) >= 11 is 10.2. The molecule has 0 radical (unpaired) electrons. The lowest BCUT2D eigenvalue weighted by Gasteiger charge is -2.10. The summed E-state index contributed by atoms with van der Waals surface area (Å²) in [6.07, 6.45) is 1.92. The van der Waals surface area contributed by atoms with Gasteiger partial charge in [0.25, 0.3) is 0 Å². The molecular formula is C12H12ClN3OS3. The van der Waals surface area contributed by atoms with Crippen LogP contribution in [0.4, 0.5) is 5.13 Å². The Balaban J connectivity index is 1.93. The van der Waals surface area contributed by atoms with E-state index in [0.29, 0.717) is 10.2 Å². The maximum Gasteiger partial charge on any atom is 0.239 e. The average molecular weight is 346 g/mol. The first-order chi connectivity index (χ1) is 9.58. The number of nitrogens with zero attached hydrogens (tertiary/aromatic N) is 2. The second-order valence-electron chi connectivity index (χ2n) is 3.78. The van der Waals surface area contributed by atoms with Crippen LogP contribution in [0.3, 0.4) is 0 Å². The molecule has 1 heterocycles. The Morgan fingerprint density at radius 2 is 2.05 bits per heavy atom. The van der Waals surface area contributed by atoms with Crippen LogP contribution in [0.25, 0.3) is 0 Å². The van der Waals surface area contributed by atoms with Gasteiger partial charge in [-0.3, -0.25) is 10.1 Å². The van der Waals surface area contributed by atoms with Crippen LogP contribution in [0.1, 0.15) is 6.92 Å². The van der Waals surface area contributed by atoms with E-state index in [1.807, 2.05) is 37.4 Å². The highest BCUT2D eigenvalue weighted by molar-refractivity contribution is 8.00. The molecule has 0 saturated heterocycles. The smallest absolute Gasteiger partial charge is 0.239 e. The predicted molar refractivity (Wildman–Crippen MR) is 87.1 cm³/mol. The van der Waals surface area contributed by atoms with Crippen LogP contribution in [0, 0.1) is 0 Å². The molecule has 4 nitrogen and oxygen atoms in total. The van der Waals surface area contributed by atoms with Crippen molar-refractivity contribution in [1.29, 1.82) is 0 Å². The van der Waals surface area contributed by atoms with Crippen molar-refractivity contribution >= 4 is 57.5 Å². The maximum absolute atomic E-state index is 12.1. The van der Waals surface area contributed by atoms with E-state index in [4.69, 9.17) is 11.6 Å². The zero-order chi connectivity index (χ0) is 14.5. The molecule has 2 rings (SSSR count). The molecule has 0 spiro atoms. The van der Waals surface area contributed by atoms with E-state index in [2.05, 4.69) is 15.5 Å². The second-order valence-corrected chi connectivity index (χ2v) is 7.66. The van der Waals surface area contributed by atoms with Gasteiger partial charge in [-0.1, -0.05) is 34.7 Å². The molecule has 0 bridgehead atoms. The summed E-state index contributed by atoms with van der Waals surface area (Å²) in [5, 5.41) is 11.6. The fourth-order valence-corrected chi connectivity index (χ4v) is 3.49. The van der Waals surface area contributed by atoms with Gasteiger partial charge in [0.2, 0.25) is 11.0 Å². The Bertz CT molecular complexity index is 588. The van der Waals surface area contributed by atoms with E-state index in [9.17, 15) is 4.79 Å². The van der Waals surface area contributed by atoms with Gasteiger partial charge in [0.15, 0.2) is 4.34 Å². The van der Waals surface area contributed by atoms with Crippen molar-refractivity contribution in [3.05, 3.63) is 29.3 Å². The molecule has 20 heavy (non-hydrogen) atoms. The molecule has 1 N–H and O–H groups in total. The van der Waals surface area contributed by atoms with Crippen LogP contribution in [-0.4, -0.2) is 27.6 Å². The first kappa shape index (κ1) is 15.6. The van der Waals surface area contributed by atoms with E-state index in [1.54, 1.807) is 0 Å². The lowest BCUT2D eigenvalue weighted by Crippen LogP contribution is -2.22. The van der Waals surface area contributed by atoms with Gasteiger partial charge in [0, 0.05) is 9.92 Å². The van der Waals surface area contributed by atoms with Gasteiger partial charge >= 0.3 is 0 Å². The van der Waals surface area contributed by atoms with Crippen LogP contribution >= 0.6 is 46.5 Å². The van der Waals surface area contributed by atoms with Gasteiger partial charge in [-0.2, -0.15) is 0 Å². The minimum absolute atomic E-state index is 0.0891. The minimum Gasteiger partial charge on any atom is -0.300 e. The van der Waals surface area contributed by atoms with Crippen molar-refractivity contribution < 1.29 is 4.79 Å². The van der Waals surface area contributed by atoms with Crippen LogP contribution in [-0.2, 0) is 4.79 Å². The van der Waals surface area contributed by atoms with Crippen LogP contribution in [0.15, 0.2) is 33.5 Å². The van der Waals surface area contributed by atoms with Gasteiger partial charge in [-0.05, 0) is 37.4 Å². The van der Waals surface area contributed by atoms with Crippen molar-refractivity contribution in [2.45, 2.75) is 21.4 Å². The highest BCUT2D eigenvalue weighted by atomic mass is 35.5.